The minimum atomic E-state index is -4.51. The second kappa shape index (κ2) is 9.55. The first-order valence-electron chi connectivity index (χ1n) is 8.94. The summed E-state index contributed by atoms with van der Waals surface area (Å²) in [5, 5.41) is 9.72. The van der Waals surface area contributed by atoms with Gasteiger partial charge in [-0.3, -0.25) is 9.98 Å². The third-order valence-corrected chi connectivity index (χ3v) is 3.98. The highest BCUT2D eigenvalue weighted by atomic mass is 19.4. The Labute approximate surface area is 171 Å². The van der Waals surface area contributed by atoms with Crippen molar-refractivity contribution in [2.24, 2.45) is 15.9 Å². The van der Waals surface area contributed by atoms with Crippen molar-refractivity contribution < 1.29 is 13.2 Å². The molecule has 0 aliphatic heterocycles. The highest BCUT2D eigenvalue weighted by Gasteiger charge is 2.32. The number of hydrazone groups is 1. The molecule has 0 atom stereocenters. The number of rotatable bonds is 7. The first-order chi connectivity index (χ1) is 14.4. The zero-order valence-electron chi connectivity index (χ0n) is 15.8. The third kappa shape index (κ3) is 6.06. The summed E-state index contributed by atoms with van der Waals surface area (Å²) in [4.78, 5) is 7.61. The van der Waals surface area contributed by atoms with Gasteiger partial charge >= 0.3 is 6.18 Å². The summed E-state index contributed by atoms with van der Waals surface area (Å²) in [6.07, 6.45) is -1.96. The van der Waals surface area contributed by atoms with Crippen LogP contribution in [-0.4, -0.2) is 23.5 Å². The molecule has 3 rings (SSSR count). The molecule has 6 nitrogen and oxygen atoms in total. The van der Waals surface area contributed by atoms with E-state index in [2.05, 4.69) is 25.7 Å². The summed E-state index contributed by atoms with van der Waals surface area (Å²) in [6.45, 7) is 0.106. The number of pyridine rings is 1. The van der Waals surface area contributed by atoms with E-state index in [4.69, 9.17) is 5.84 Å². The number of aromatic nitrogens is 1. The third-order valence-electron chi connectivity index (χ3n) is 3.98. The predicted molar refractivity (Wildman–Crippen MR) is 114 cm³/mol. The molecule has 30 heavy (non-hydrogen) atoms. The molecular formula is C21H19F3N6. The van der Waals surface area contributed by atoms with Crippen molar-refractivity contribution in [3.8, 4) is 0 Å². The second-order valence-corrected chi connectivity index (χ2v) is 6.20. The van der Waals surface area contributed by atoms with Gasteiger partial charge in [0.25, 0.3) is 0 Å². The molecule has 0 saturated heterocycles. The quantitative estimate of drug-likeness (QED) is 0.290. The van der Waals surface area contributed by atoms with Crippen LogP contribution in [0, 0.1) is 0 Å². The fraction of sp³-hybridized carbons (Fsp3) is 0.0952. The lowest BCUT2D eigenvalue weighted by atomic mass is 10.2. The van der Waals surface area contributed by atoms with Crippen LogP contribution < -0.4 is 16.5 Å². The largest absolute Gasteiger partial charge is 0.433 e. The van der Waals surface area contributed by atoms with Gasteiger partial charge in [0.05, 0.1) is 24.2 Å². The molecule has 1 heterocycles. The van der Waals surface area contributed by atoms with Crippen LogP contribution in [0.3, 0.4) is 0 Å². The zero-order chi connectivity index (χ0) is 21.4. The van der Waals surface area contributed by atoms with Crippen LogP contribution in [0.25, 0.3) is 0 Å². The summed E-state index contributed by atoms with van der Waals surface area (Å²) in [6, 6.07) is 19.5. The van der Waals surface area contributed by atoms with Gasteiger partial charge in [-0.2, -0.15) is 18.3 Å². The average molecular weight is 412 g/mol. The van der Waals surface area contributed by atoms with Gasteiger partial charge in [0.2, 0.25) is 0 Å². The molecule has 0 fully saturated rings. The van der Waals surface area contributed by atoms with Crippen LogP contribution in [-0.2, 0) is 6.18 Å². The number of aliphatic imine (C=N–C) groups is 1. The Morgan fingerprint density at radius 3 is 2.33 bits per heavy atom. The molecule has 0 aliphatic carbocycles. The summed E-state index contributed by atoms with van der Waals surface area (Å²) in [7, 11) is 0. The van der Waals surface area contributed by atoms with Gasteiger partial charge in [0.1, 0.15) is 5.69 Å². The van der Waals surface area contributed by atoms with Crippen molar-refractivity contribution in [2.45, 2.75) is 6.18 Å². The van der Waals surface area contributed by atoms with Crippen LogP contribution in [0.2, 0.25) is 0 Å². The minimum absolute atomic E-state index is 0.106. The summed E-state index contributed by atoms with van der Waals surface area (Å²) in [5.41, 5.74) is 2.21. The number of hydrogen-bond donors (Lipinski definition) is 3. The molecule has 154 valence electrons. The van der Waals surface area contributed by atoms with Gasteiger partial charge in [-0.25, -0.2) is 0 Å². The lowest BCUT2D eigenvalue weighted by Crippen LogP contribution is -2.17. The van der Waals surface area contributed by atoms with Gasteiger partial charge in [-0.1, -0.05) is 18.2 Å². The molecular weight excluding hydrogens is 393 g/mol. The number of nitrogens with zero attached hydrogens (tertiary/aromatic N) is 3. The van der Waals surface area contributed by atoms with Gasteiger partial charge in [0.15, 0.2) is 0 Å². The number of halogens is 3. The molecule has 3 aromatic rings. The van der Waals surface area contributed by atoms with Gasteiger partial charge in [-0.15, -0.1) is 0 Å². The smallest absolute Gasteiger partial charge is 0.379 e. The maximum absolute atomic E-state index is 12.7. The van der Waals surface area contributed by atoms with E-state index >= 15 is 0 Å². The van der Waals surface area contributed by atoms with E-state index in [-0.39, 0.29) is 12.2 Å². The Bertz CT molecular complexity index is 1010. The fourth-order valence-electron chi connectivity index (χ4n) is 2.48. The molecule has 0 aliphatic rings. The summed E-state index contributed by atoms with van der Waals surface area (Å²) >= 11 is 0. The summed E-state index contributed by atoms with van der Waals surface area (Å²) < 4.78 is 38.2. The number of anilines is 3. The topological polar surface area (TPSA) is 87.7 Å². The molecule has 2 aromatic carbocycles. The van der Waals surface area contributed by atoms with Gasteiger partial charge in [-0.05, 0) is 48.5 Å². The van der Waals surface area contributed by atoms with Crippen LogP contribution in [0.15, 0.2) is 83.0 Å². The zero-order valence-corrected chi connectivity index (χ0v) is 15.8. The number of nitrogens with two attached hydrogens (primary N) is 1. The minimum Gasteiger partial charge on any atom is -0.379 e. The first-order valence-corrected chi connectivity index (χ1v) is 8.94. The Balaban J connectivity index is 1.58. The maximum atomic E-state index is 12.7. The van der Waals surface area contributed by atoms with E-state index < -0.39 is 11.9 Å². The molecule has 0 unspecified atom stereocenters. The molecule has 0 amide bonds. The Morgan fingerprint density at radius 2 is 1.67 bits per heavy atom. The molecule has 1 aromatic heterocycles. The average Bonchev–Trinajstić information content (AvgIpc) is 2.75. The van der Waals surface area contributed by atoms with Gasteiger partial charge in [0, 0.05) is 23.3 Å². The molecule has 9 heteroatoms. The van der Waals surface area contributed by atoms with E-state index in [1.165, 1.54) is 12.3 Å². The first kappa shape index (κ1) is 20.8. The predicted octanol–water partition coefficient (Wildman–Crippen LogP) is 4.97. The number of hydrogen-bond acceptors (Lipinski definition) is 6. The van der Waals surface area contributed by atoms with Gasteiger partial charge < -0.3 is 16.5 Å². The van der Waals surface area contributed by atoms with Crippen LogP contribution in [0.5, 0.6) is 0 Å². The van der Waals surface area contributed by atoms with E-state index in [0.717, 1.165) is 23.6 Å². The van der Waals surface area contributed by atoms with E-state index in [1.54, 1.807) is 0 Å². The van der Waals surface area contributed by atoms with Crippen molar-refractivity contribution in [1.82, 2.24) is 4.98 Å². The number of alkyl halides is 3. The van der Waals surface area contributed by atoms with Crippen molar-refractivity contribution in [2.75, 3.05) is 17.2 Å². The van der Waals surface area contributed by atoms with Crippen molar-refractivity contribution in [3.63, 3.8) is 0 Å². The highest BCUT2D eigenvalue weighted by Crippen LogP contribution is 2.28. The number of nitrogens with one attached hydrogen (secondary N) is 2. The van der Waals surface area contributed by atoms with Crippen molar-refractivity contribution in [1.29, 1.82) is 0 Å². The lowest BCUT2D eigenvalue weighted by molar-refractivity contribution is -0.141. The highest BCUT2D eigenvalue weighted by molar-refractivity contribution is 6.32. The van der Waals surface area contributed by atoms with Crippen LogP contribution in [0.4, 0.5) is 35.9 Å². The van der Waals surface area contributed by atoms with Crippen LogP contribution in [0.1, 0.15) is 5.69 Å². The SMILES string of the molecule is NN=C(C=Nc1ccc(Nc2ccccc2)cc1)CNc1ccnc(C(F)(F)F)c1. The van der Waals surface area contributed by atoms with Crippen molar-refractivity contribution >= 4 is 34.7 Å². The molecule has 0 radical (unpaired) electrons. The van der Waals surface area contributed by atoms with Crippen LogP contribution >= 0.6 is 0 Å². The standard InChI is InChI=1S/C21H19F3N6/c22-21(23,24)20-12-18(10-11-26-20)28-14-19(30-25)13-27-15-6-8-17(9-7-15)29-16-4-2-1-3-5-16/h1-13,29H,14,25H2,(H,26,28). The molecule has 0 spiro atoms. The Hall–Kier alpha value is -3.88. The maximum Gasteiger partial charge on any atom is 0.433 e. The Kier molecular flexibility index (Phi) is 6.63. The molecule has 4 N–H and O–H groups in total. The Morgan fingerprint density at radius 1 is 0.967 bits per heavy atom. The second-order valence-electron chi connectivity index (χ2n) is 6.20. The van der Waals surface area contributed by atoms with E-state index in [9.17, 15) is 13.2 Å². The normalized spacial score (nSPS) is 12.2. The number of benzene rings is 2. The fourth-order valence-corrected chi connectivity index (χ4v) is 2.48. The lowest BCUT2D eigenvalue weighted by Gasteiger charge is -2.09. The van der Waals surface area contributed by atoms with E-state index in [0.29, 0.717) is 11.4 Å². The van der Waals surface area contributed by atoms with Crippen molar-refractivity contribution in [3.05, 3.63) is 78.6 Å². The monoisotopic (exact) mass is 412 g/mol. The summed E-state index contributed by atoms with van der Waals surface area (Å²) in [5.74, 6) is 5.36. The number of para-hydroxylation sites is 1. The molecule has 0 saturated carbocycles. The van der Waals surface area contributed by atoms with E-state index in [1.807, 2.05) is 54.6 Å². The molecule has 0 bridgehead atoms.